The maximum atomic E-state index is 13.8. The quantitative estimate of drug-likeness (QED) is 0.154. The van der Waals surface area contributed by atoms with E-state index in [-0.39, 0.29) is 73.9 Å². The second-order valence-corrected chi connectivity index (χ2v) is 34.2. The number of sulfone groups is 1. The van der Waals surface area contributed by atoms with E-state index in [1.54, 1.807) is 0 Å². The Morgan fingerprint density at radius 2 is 1.43 bits per heavy atom. The first kappa shape index (κ1) is 48.4. The van der Waals surface area contributed by atoms with Gasteiger partial charge in [0.2, 0.25) is 0 Å². The summed E-state index contributed by atoms with van der Waals surface area (Å²) in [6.07, 6.45) is 14.9. The summed E-state index contributed by atoms with van der Waals surface area (Å²) in [6, 6.07) is 0.122. The van der Waals surface area contributed by atoms with Crippen LogP contribution in [0, 0.1) is 73.9 Å². The van der Waals surface area contributed by atoms with E-state index in [1.807, 2.05) is 13.8 Å². The monoisotopic (exact) mass is 915 g/mol. The van der Waals surface area contributed by atoms with Gasteiger partial charge in [-0.3, -0.25) is 14.5 Å². The van der Waals surface area contributed by atoms with Gasteiger partial charge >= 0.3 is 11.9 Å². The van der Waals surface area contributed by atoms with Crippen molar-refractivity contribution in [1.29, 1.82) is 0 Å². The molecular formula is C52H90N2O7SSi. The van der Waals surface area contributed by atoms with E-state index in [0.29, 0.717) is 48.6 Å². The van der Waals surface area contributed by atoms with Crippen molar-refractivity contribution in [2.45, 2.75) is 208 Å². The van der Waals surface area contributed by atoms with Crippen molar-refractivity contribution in [3.63, 3.8) is 0 Å². The van der Waals surface area contributed by atoms with Crippen molar-refractivity contribution in [3.8, 4) is 0 Å². The Hall–Kier alpha value is -1.01. The lowest BCUT2D eigenvalue weighted by Crippen LogP contribution is -2.69. The minimum absolute atomic E-state index is 0.00327. The van der Waals surface area contributed by atoms with Gasteiger partial charge in [0, 0.05) is 36.6 Å². The van der Waals surface area contributed by atoms with Crippen LogP contribution < -0.4 is 5.32 Å². The van der Waals surface area contributed by atoms with Crippen molar-refractivity contribution < 1.29 is 32.3 Å². The van der Waals surface area contributed by atoms with E-state index in [9.17, 15) is 23.1 Å². The van der Waals surface area contributed by atoms with Gasteiger partial charge in [0.15, 0.2) is 18.2 Å². The molecule has 1 heterocycles. The molecule has 0 amide bonds. The van der Waals surface area contributed by atoms with Gasteiger partial charge in [-0.25, -0.2) is 8.42 Å². The summed E-state index contributed by atoms with van der Waals surface area (Å²) in [5.41, 5.74) is 0.400. The van der Waals surface area contributed by atoms with Crippen LogP contribution in [0.25, 0.3) is 0 Å². The second kappa shape index (κ2) is 15.5. The number of fused-ring (bicyclic) bond motifs is 7. The third-order valence-corrected chi connectivity index (χ3v) is 28.9. The van der Waals surface area contributed by atoms with E-state index >= 15 is 0 Å². The first-order valence-corrected chi connectivity index (χ1v) is 30.4. The molecule has 0 aromatic rings. The molecule has 11 heteroatoms. The van der Waals surface area contributed by atoms with Crippen molar-refractivity contribution in [1.82, 2.24) is 10.2 Å². The largest absolute Gasteiger partial charge is 0.481 e. The van der Waals surface area contributed by atoms with Gasteiger partial charge < -0.3 is 19.6 Å². The zero-order chi connectivity index (χ0) is 46.4. The summed E-state index contributed by atoms with van der Waals surface area (Å²) >= 11 is 0. The van der Waals surface area contributed by atoms with Gasteiger partial charge in [-0.05, 0) is 165 Å². The maximum Gasteiger partial charge on any atom is 0.309 e. The Balaban J connectivity index is 1.04. The Bertz CT molecular complexity index is 1890. The molecule has 360 valence electrons. The van der Waals surface area contributed by atoms with Gasteiger partial charge in [0.1, 0.15) is 6.10 Å². The number of carbonyl (C=O) groups is 2. The highest BCUT2D eigenvalue weighted by Crippen LogP contribution is 2.78. The van der Waals surface area contributed by atoms with Crippen LogP contribution in [0.4, 0.5) is 0 Å². The normalized spacial score (nSPS) is 44.7. The number of esters is 1. The molecule has 2 N–H and O–H groups in total. The summed E-state index contributed by atoms with van der Waals surface area (Å²) in [5, 5.41) is 14.3. The molecule has 7 aliphatic carbocycles. The van der Waals surface area contributed by atoms with E-state index in [0.717, 1.165) is 31.7 Å². The van der Waals surface area contributed by atoms with Crippen molar-refractivity contribution >= 4 is 30.1 Å². The third-order valence-electron chi connectivity index (χ3n) is 22.8. The first-order chi connectivity index (χ1) is 28.9. The average Bonchev–Trinajstić information content (AvgIpc) is 3.78. The lowest BCUT2D eigenvalue weighted by Gasteiger charge is -2.73. The van der Waals surface area contributed by atoms with Crippen molar-refractivity contribution in [2.24, 2.45) is 73.9 Å². The van der Waals surface area contributed by atoms with E-state index < -0.39 is 35.5 Å². The van der Waals surface area contributed by atoms with Crippen LogP contribution in [0.15, 0.2) is 0 Å². The number of aliphatic carboxylic acids is 1. The zero-order valence-electron chi connectivity index (χ0n) is 42.3. The lowest BCUT2D eigenvalue weighted by molar-refractivity contribution is -0.250. The first-order valence-electron chi connectivity index (χ1n) is 25.7. The van der Waals surface area contributed by atoms with Crippen LogP contribution in [-0.2, 0) is 28.6 Å². The molecule has 0 aromatic heterocycles. The van der Waals surface area contributed by atoms with E-state index in [4.69, 9.17) is 9.16 Å². The van der Waals surface area contributed by atoms with Gasteiger partial charge in [0.05, 0.1) is 29.4 Å². The summed E-state index contributed by atoms with van der Waals surface area (Å²) in [4.78, 5) is 28.1. The third kappa shape index (κ3) is 7.61. The molecule has 8 aliphatic rings. The molecule has 7 saturated carbocycles. The van der Waals surface area contributed by atoms with Crippen LogP contribution >= 0.6 is 0 Å². The molecule has 1 saturated heterocycles. The molecule has 0 unspecified atom stereocenters. The number of carboxylic acid groups (broad SMARTS) is 1. The Morgan fingerprint density at radius 3 is 2.02 bits per heavy atom. The van der Waals surface area contributed by atoms with Crippen LogP contribution in [0.3, 0.4) is 0 Å². The van der Waals surface area contributed by atoms with Crippen molar-refractivity contribution in [2.75, 3.05) is 31.1 Å². The standard InChI is InChI=1S/C52H90N2O7SSi/c1-33(61-63(13,14)45(2,3)4)38(54-27-29-62(58,59)30-28-54)32-53-52-22-17-34(48(9)23-24-48)42(52)35-15-16-40-49(10)20-19-41(60-44(57)37-31-36(43(55)56)46(37,5)6)47(7,8)39(49)18-21-51(40,12)50(35,11)25-26-52/h33-42,53H,15-32H2,1-14H3,(H,55,56)/t33-,34+,35+,36-,37+,38-,39-,40+,41-,42+,49-,50+,51+,52-/m0/s1. The number of carbonyl (C=O) groups excluding carboxylic acids is 1. The number of ether oxygens (including phenoxy) is 1. The predicted octanol–water partition coefficient (Wildman–Crippen LogP) is 10.4. The SMILES string of the molecule is C[C@H](O[Si](C)(C)C(C)(C)C)[C@H](CN[C@]12CC[C@@H](C3(C)CC3)[C@@H]1[C@H]1CC[C@@H]3[C@@]4(C)CC[C@H](OC(=O)[C@H]5C[C@@H](C(=O)O)C5(C)C)C(C)(C)[C@@H]4CC[C@@]3(C)[C@]1(C)CC2)N1CCS(=O)(=O)CC1. The number of rotatable bonds is 11. The highest BCUT2D eigenvalue weighted by atomic mass is 32.2. The van der Waals surface area contributed by atoms with Gasteiger partial charge in [-0.2, -0.15) is 0 Å². The Morgan fingerprint density at radius 1 is 0.778 bits per heavy atom. The topological polar surface area (TPSA) is 122 Å². The van der Waals surface area contributed by atoms with E-state index in [1.165, 1.54) is 57.8 Å². The molecule has 8 fully saturated rings. The minimum atomic E-state index is -3.00. The predicted molar refractivity (Wildman–Crippen MR) is 254 cm³/mol. The summed E-state index contributed by atoms with van der Waals surface area (Å²) < 4.78 is 39.1. The van der Waals surface area contributed by atoms with Crippen LogP contribution in [0.2, 0.25) is 18.1 Å². The minimum Gasteiger partial charge on any atom is -0.481 e. The molecule has 1 aliphatic heterocycles. The molecule has 63 heavy (non-hydrogen) atoms. The maximum absolute atomic E-state index is 13.8. The molecular weight excluding hydrogens is 825 g/mol. The number of hydrogen-bond acceptors (Lipinski definition) is 8. The zero-order valence-corrected chi connectivity index (χ0v) is 44.1. The molecule has 0 spiro atoms. The fourth-order valence-corrected chi connectivity index (χ4v) is 19.7. The molecule has 14 atom stereocenters. The van der Waals surface area contributed by atoms with Gasteiger partial charge in [-0.15, -0.1) is 0 Å². The summed E-state index contributed by atoms with van der Waals surface area (Å²) in [5.74, 6) is 1.74. The van der Waals surface area contributed by atoms with Crippen molar-refractivity contribution in [3.05, 3.63) is 0 Å². The number of hydrogen-bond donors (Lipinski definition) is 2. The van der Waals surface area contributed by atoms with E-state index in [2.05, 4.69) is 92.5 Å². The average molecular weight is 915 g/mol. The van der Waals surface area contributed by atoms with Gasteiger partial charge in [-0.1, -0.05) is 76.2 Å². The molecule has 8 rings (SSSR count). The molecule has 0 aromatic carbocycles. The fourth-order valence-electron chi connectivity index (χ4n) is 17.1. The van der Waals surface area contributed by atoms with Gasteiger partial charge in [0.25, 0.3) is 0 Å². The smallest absolute Gasteiger partial charge is 0.309 e. The lowest BCUT2D eigenvalue weighted by atomic mass is 9.32. The molecule has 9 nitrogen and oxygen atoms in total. The molecule has 0 bridgehead atoms. The summed E-state index contributed by atoms with van der Waals surface area (Å²) in [7, 11) is -5.08. The number of nitrogens with one attached hydrogen (secondary N) is 1. The molecule has 0 radical (unpaired) electrons. The summed E-state index contributed by atoms with van der Waals surface area (Å²) in [6.45, 7) is 35.2. The van der Waals surface area contributed by atoms with Crippen LogP contribution in [0.1, 0.15) is 167 Å². The highest BCUT2D eigenvalue weighted by molar-refractivity contribution is 7.91. The second-order valence-electron chi connectivity index (χ2n) is 27.2. The van der Waals surface area contributed by atoms with Crippen LogP contribution in [-0.4, -0.2) is 93.6 Å². The Kier molecular flexibility index (Phi) is 11.9. The fraction of sp³-hybridized carbons (Fsp3) is 0.962. The number of nitrogens with zero attached hydrogens (tertiary/aromatic N) is 1. The Labute approximate surface area is 384 Å². The highest BCUT2D eigenvalue weighted by Gasteiger charge is 2.73. The van der Waals surface area contributed by atoms with Crippen LogP contribution in [0.5, 0.6) is 0 Å². The number of carboxylic acids is 1.